The molecule has 0 spiro atoms. The molecule has 0 saturated carbocycles. The van der Waals surface area contributed by atoms with Crippen LogP contribution in [-0.4, -0.2) is 43.0 Å². The molecular weight excluding hydrogens is 330 g/mol. The molecule has 6 nitrogen and oxygen atoms in total. The number of hydrogen-bond acceptors (Lipinski definition) is 4. The van der Waals surface area contributed by atoms with Gasteiger partial charge in [-0.15, -0.1) is 0 Å². The minimum Gasteiger partial charge on any atom is -0.477 e. The van der Waals surface area contributed by atoms with Crippen LogP contribution in [-0.2, 0) is 9.59 Å². The Balaban J connectivity index is 1.77. The van der Waals surface area contributed by atoms with E-state index in [0.29, 0.717) is 11.4 Å². The van der Waals surface area contributed by atoms with E-state index in [1.807, 2.05) is 54.4 Å². The van der Waals surface area contributed by atoms with E-state index in [0.717, 1.165) is 5.56 Å². The Bertz CT molecular complexity index is 794. The van der Waals surface area contributed by atoms with Crippen LogP contribution in [0.5, 0.6) is 5.75 Å². The van der Waals surface area contributed by atoms with Crippen molar-refractivity contribution in [1.29, 1.82) is 0 Å². The molecule has 1 aliphatic rings. The molecule has 0 saturated heterocycles. The molecule has 0 aromatic heterocycles. The highest BCUT2D eigenvalue weighted by Crippen LogP contribution is 2.33. The van der Waals surface area contributed by atoms with Gasteiger partial charge in [-0.05, 0) is 31.7 Å². The molecule has 3 rings (SSSR count). The summed E-state index contributed by atoms with van der Waals surface area (Å²) in [6.45, 7) is 2.40. The van der Waals surface area contributed by atoms with Crippen molar-refractivity contribution in [2.45, 2.75) is 19.1 Å². The van der Waals surface area contributed by atoms with Gasteiger partial charge >= 0.3 is 0 Å². The molecule has 136 valence electrons. The zero-order valence-electron chi connectivity index (χ0n) is 15.0. The molecule has 6 heteroatoms. The highest BCUT2D eigenvalue weighted by molar-refractivity contribution is 5.98. The number of benzene rings is 2. The smallest absolute Gasteiger partial charge is 0.260 e. The van der Waals surface area contributed by atoms with Crippen molar-refractivity contribution >= 4 is 17.5 Å². The van der Waals surface area contributed by atoms with E-state index in [-0.39, 0.29) is 25.0 Å². The van der Waals surface area contributed by atoms with Crippen molar-refractivity contribution in [2.75, 3.05) is 25.0 Å². The van der Waals surface area contributed by atoms with E-state index in [1.54, 1.807) is 17.0 Å². The van der Waals surface area contributed by atoms with Gasteiger partial charge < -0.3 is 15.4 Å². The number of ether oxygens (including phenoxy) is 1. The molecule has 26 heavy (non-hydrogen) atoms. The van der Waals surface area contributed by atoms with Gasteiger partial charge in [0.2, 0.25) is 5.91 Å². The van der Waals surface area contributed by atoms with Crippen molar-refractivity contribution in [3.8, 4) is 5.75 Å². The molecule has 0 unspecified atom stereocenters. The quantitative estimate of drug-likeness (QED) is 0.891. The van der Waals surface area contributed by atoms with Crippen LogP contribution in [0.25, 0.3) is 0 Å². The number of fused-ring (bicyclic) bond motifs is 1. The van der Waals surface area contributed by atoms with E-state index < -0.39 is 12.0 Å². The van der Waals surface area contributed by atoms with Gasteiger partial charge in [0.05, 0.1) is 18.8 Å². The number of rotatable bonds is 5. The summed E-state index contributed by atoms with van der Waals surface area (Å²) in [5, 5.41) is 0. The molecule has 2 aromatic carbocycles. The molecule has 0 aliphatic carbocycles. The van der Waals surface area contributed by atoms with Crippen LogP contribution in [0.1, 0.15) is 18.5 Å². The fourth-order valence-corrected chi connectivity index (χ4v) is 3.04. The standard InChI is InChI=1S/C20H23N3O3/c1-14(15-8-4-3-5-9-15)22(2)13-19(24)23-12-18(20(21)25)26-17-11-7-6-10-16(17)23/h3-11,14,18H,12-13H2,1-2H3,(H2,21,25)/t14-,18+/m0/s1. The van der Waals surface area contributed by atoms with Crippen LogP contribution in [0.2, 0.25) is 0 Å². The summed E-state index contributed by atoms with van der Waals surface area (Å²) in [4.78, 5) is 28.1. The summed E-state index contributed by atoms with van der Waals surface area (Å²) in [6, 6.07) is 17.3. The second-order valence-corrected chi connectivity index (χ2v) is 6.48. The Morgan fingerprint density at radius 3 is 2.54 bits per heavy atom. The number of anilines is 1. The third-order valence-electron chi connectivity index (χ3n) is 4.72. The Morgan fingerprint density at radius 2 is 1.85 bits per heavy atom. The van der Waals surface area contributed by atoms with E-state index in [1.165, 1.54) is 0 Å². The molecule has 1 heterocycles. The Morgan fingerprint density at radius 1 is 1.19 bits per heavy atom. The Labute approximate surface area is 153 Å². The van der Waals surface area contributed by atoms with Crippen molar-refractivity contribution in [3.63, 3.8) is 0 Å². The van der Waals surface area contributed by atoms with E-state index in [9.17, 15) is 9.59 Å². The van der Waals surface area contributed by atoms with Gasteiger partial charge in [0.15, 0.2) is 6.10 Å². The van der Waals surface area contributed by atoms with Crippen LogP contribution < -0.4 is 15.4 Å². The van der Waals surface area contributed by atoms with E-state index >= 15 is 0 Å². The number of para-hydroxylation sites is 2. The molecular formula is C20H23N3O3. The number of carbonyl (C=O) groups is 2. The number of amides is 2. The molecule has 2 amide bonds. The molecule has 2 aromatic rings. The number of nitrogens with zero attached hydrogens (tertiary/aromatic N) is 2. The average molecular weight is 353 g/mol. The molecule has 0 bridgehead atoms. The van der Waals surface area contributed by atoms with Gasteiger partial charge in [-0.25, -0.2) is 0 Å². The molecule has 0 radical (unpaired) electrons. The van der Waals surface area contributed by atoms with Gasteiger partial charge in [-0.2, -0.15) is 0 Å². The third kappa shape index (κ3) is 3.70. The second-order valence-electron chi connectivity index (χ2n) is 6.48. The first kappa shape index (κ1) is 17.9. The lowest BCUT2D eigenvalue weighted by Crippen LogP contribution is -2.51. The van der Waals surface area contributed by atoms with Crippen molar-refractivity contribution in [3.05, 3.63) is 60.2 Å². The maximum absolute atomic E-state index is 13.0. The van der Waals surface area contributed by atoms with Gasteiger partial charge in [-0.1, -0.05) is 42.5 Å². The fraction of sp³-hybridized carbons (Fsp3) is 0.300. The topological polar surface area (TPSA) is 75.9 Å². The first-order valence-corrected chi connectivity index (χ1v) is 8.58. The lowest BCUT2D eigenvalue weighted by molar-refractivity contribution is -0.125. The summed E-state index contributed by atoms with van der Waals surface area (Å²) in [6.07, 6.45) is -0.842. The van der Waals surface area contributed by atoms with E-state index in [2.05, 4.69) is 6.92 Å². The lowest BCUT2D eigenvalue weighted by Gasteiger charge is -2.35. The van der Waals surface area contributed by atoms with Crippen LogP contribution in [0.4, 0.5) is 5.69 Å². The van der Waals surface area contributed by atoms with Crippen LogP contribution in [0.3, 0.4) is 0 Å². The number of carbonyl (C=O) groups excluding carboxylic acids is 2. The third-order valence-corrected chi connectivity index (χ3v) is 4.72. The minimum absolute atomic E-state index is 0.0865. The average Bonchev–Trinajstić information content (AvgIpc) is 2.66. The normalized spacial score (nSPS) is 17.3. The first-order valence-electron chi connectivity index (χ1n) is 8.58. The van der Waals surface area contributed by atoms with Gasteiger partial charge in [0, 0.05) is 6.04 Å². The molecule has 2 atom stereocenters. The predicted octanol–water partition coefficient (Wildman–Crippen LogP) is 1.96. The maximum atomic E-state index is 13.0. The van der Waals surface area contributed by atoms with Crippen molar-refractivity contribution in [2.24, 2.45) is 5.73 Å². The number of likely N-dealkylation sites (N-methyl/N-ethyl adjacent to an activating group) is 1. The Kier molecular flexibility index (Phi) is 5.23. The minimum atomic E-state index is -0.842. The number of nitrogens with two attached hydrogens (primary N) is 1. The SMILES string of the molecule is C[C@@H](c1ccccc1)N(C)CC(=O)N1C[C@H](C(N)=O)Oc2ccccc21. The van der Waals surface area contributed by atoms with Gasteiger partial charge in [0.1, 0.15) is 5.75 Å². The highest BCUT2D eigenvalue weighted by atomic mass is 16.5. The molecule has 0 fully saturated rings. The monoisotopic (exact) mass is 353 g/mol. The highest BCUT2D eigenvalue weighted by Gasteiger charge is 2.33. The van der Waals surface area contributed by atoms with Crippen LogP contribution >= 0.6 is 0 Å². The van der Waals surface area contributed by atoms with Gasteiger partial charge in [-0.3, -0.25) is 14.5 Å². The zero-order chi connectivity index (χ0) is 18.7. The zero-order valence-corrected chi connectivity index (χ0v) is 15.0. The van der Waals surface area contributed by atoms with Gasteiger partial charge in [0.25, 0.3) is 5.91 Å². The summed E-state index contributed by atoms with van der Waals surface area (Å²) in [7, 11) is 1.91. The number of hydrogen-bond donors (Lipinski definition) is 1. The second kappa shape index (κ2) is 7.58. The first-order chi connectivity index (χ1) is 12.5. The van der Waals surface area contributed by atoms with E-state index in [4.69, 9.17) is 10.5 Å². The maximum Gasteiger partial charge on any atom is 0.260 e. The summed E-state index contributed by atoms with van der Waals surface area (Å²) in [5.41, 5.74) is 7.20. The summed E-state index contributed by atoms with van der Waals surface area (Å²) in [5.74, 6) is -0.185. The van der Waals surface area contributed by atoms with Crippen molar-refractivity contribution in [1.82, 2.24) is 4.90 Å². The van der Waals surface area contributed by atoms with Crippen LogP contribution in [0, 0.1) is 0 Å². The predicted molar refractivity (Wildman–Crippen MR) is 99.9 cm³/mol. The molecule has 1 aliphatic heterocycles. The van der Waals surface area contributed by atoms with Crippen molar-refractivity contribution < 1.29 is 14.3 Å². The summed E-state index contributed by atoms with van der Waals surface area (Å²) >= 11 is 0. The summed E-state index contributed by atoms with van der Waals surface area (Å²) < 4.78 is 5.61. The lowest BCUT2D eigenvalue weighted by atomic mass is 10.1. The number of primary amides is 1. The largest absolute Gasteiger partial charge is 0.477 e. The molecule has 2 N–H and O–H groups in total. The Hall–Kier alpha value is -2.86. The fourth-order valence-electron chi connectivity index (χ4n) is 3.04. The van der Waals surface area contributed by atoms with Crippen LogP contribution in [0.15, 0.2) is 54.6 Å².